The first-order valence-electron chi connectivity index (χ1n) is 5.97. The van der Waals surface area contributed by atoms with Crippen LogP contribution in [0.2, 0.25) is 5.02 Å². The molecule has 0 saturated heterocycles. The molecular formula is C13H16ClNO3. The average Bonchev–Trinajstić information content (AvgIpc) is 3.12. The van der Waals surface area contributed by atoms with E-state index in [0.29, 0.717) is 28.9 Å². The van der Waals surface area contributed by atoms with E-state index in [2.05, 4.69) is 0 Å². The average molecular weight is 270 g/mol. The number of carboxylic acid groups (broad SMARTS) is 1. The molecule has 0 aliphatic heterocycles. The van der Waals surface area contributed by atoms with Gasteiger partial charge in [0, 0.05) is 12.1 Å². The molecule has 0 spiro atoms. The summed E-state index contributed by atoms with van der Waals surface area (Å²) in [6.07, 6.45) is 2.33. The van der Waals surface area contributed by atoms with Crippen molar-refractivity contribution >= 4 is 17.6 Å². The fourth-order valence-corrected chi connectivity index (χ4v) is 2.04. The molecule has 1 aromatic carbocycles. The van der Waals surface area contributed by atoms with Crippen molar-refractivity contribution in [1.29, 1.82) is 0 Å². The summed E-state index contributed by atoms with van der Waals surface area (Å²) in [5.41, 5.74) is 6.07. The number of hydrogen-bond donors (Lipinski definition) is 2. The van der Waals surface area contributed by atoms with Crippen molar-refractivity contribution in [2.75, 3.05) is 13.2 Å². The molecule has 1 aliphatic carbocycles. The second kappa shape index (κ2) is 5.59. The van der Waals surface area contributed by atoms with Crippen molar-refractivity contribution in [3.63, 3.8) is 0 Å². The maximum absolute atomic E-state index is 11.2. The van der Waals surface area contributed by atoms with E-state index in [1.807, 2.05) is 0 Å². The largest absolute Gasteiger partial charge is 0.491 e. The Morgan fingerprint density at radius 2 is 2.28 bits per heavy atom. The molecule has 18 heavy (non-hydrogen) atoms. The maximum Gasteiger partial charge on any atom is 0.312 e. The van der Waals surface area contributed by atoms with Crippen LogP contribution in [-0.2, 0) is 4.79 Å². The summed E-state index contributed by atoms with van der Waals surface area (Å²) >= 11 is 6.08. The standard InChI is InChI=1S/C13H16ClNO3/c14-11-3-1-2-9(10(6-15)13(16)17)12(11)18-7-8-4-5-8/h1-3,8,10H,4-7,15H2,(H,16,17). The Kier molecular flexibility index (Phi) is 4.09. The molecule has 1 atom stereocenters. The minimum absolute atomic E-state index is 0.0233. The number of halogens is 1. The Hall–Kier alpha value is -1.26. The van der Waals surface area contributed by atoms with Gasteiger partial charge < -0.3 is 15.6 Å². The quantitative estimate of drug-likeness (QED) is 0.831. The highest BCUT2D eigenvalue weighted by Crippen LogP contribution is 2.36. The third kappa shape index (κ3) is 2.94. The highest BCUT2D eigenvalue weighted by molar-refractivity contribution is 6.32. The number of carboxylic acids is 1. The Labute approximate surface area is 111 Å². The summed E-state index contributed by atoms with van der Waals surface area (Å²) in [5.74, 6) is -0.701. The van der Waals surface area contributed by atoms with Crippen molar-refractivity contribution < 1.29 is 14.6 Å². The number of nitrogens with two attached hydrogens (primary N) is 1. The SMILES string of the molecule is NCC(C(=O)O)c1cccc(Cl)c1OCC1CC1. The molecule has 1 aliphatic rings. The highest BCUT2D eigenvalue weighted by atomic mass is 35.5. The van der Waals surface area contributed by atoms with Crippen LogP contribution in [0.3, 0.4) is 0 Å². The zero-order chi connectivity index (χ0) is 13.1. The number of benzene rings is 1. The highest BCUT2D eigenvalue weighted by Gasteiger charge is 2.26. The Bertz CT molecular complexity index is 446. The summed E-state index contributed by atoms with van der Waals surface area (Å²) in [5, 5.41) is 9.59. The van der Waals surface area contributed by atoms with Gasteiger partial charge in [0.1, 0.15) is 5.75 Å². The molecule has 5 heteroatoms. The summed E-state index contributed by atoms with van der Waals surface area (Å²) < 4.78 is 5.67. The van der Waals surface area contributed by atoms with Crippen LogP contribution < -0.4 is 10.5 Å². The van der Waals surface area contributed by atoms with Gasteiger partial charge in [-0.15, -0.1) is 0 Å². The lowest BCUT2D eigenvalue weighted by Gasteiger charge is -2.17. The molecule has 1 fully saturated rings. The fraction of sp³-hybridized carbons (Fsp3) is 0.462. The van der Waals surface area contributed by atoms with Crippen LogP contribution in [0.4, 0.5) is 0 Å². The van der Waals surface area contributed by atoms with E-state index < -0.39 is 11.9 Å². The van der Waals surface area contributed by atoms with E-state index in [-0.39, 0.29) is 6.54 Å². The van der Waals surface area contributed by atoms with Gasteiger partial charge >= 0.3 is 5.97 Å². The van der Waals surface area contributed by atoms with Crippen LogP contribution in [0.25, 0.3) is 0 Å². The van der Waals surface area contributed by atoms with Gasteiger partial charge in [-0.05, 0) is 24.8 Å². The molecule has 2 rings (SSSR count). The first-order valence-corrected chi connectivity index (χ1v) is 6.35. The molecule has 3 N–H and O–H groups in total. The molecule has 0 amide bonds. The minimum Gasteiger partial charge on any atom is -0.491 e. The number of aliphatic carboxylic acids is 1. The Morgan fingerprint density at radius 1 is 1.56 bits per heavy atom. The Balaban J connectivity index is 2.25. The van der Waals surface area contributed by atoms with E-state index >= 15 is 0 Å². The van der Waals surface area contributed by atoms with Gasteiger partial charge in [0.2, 0.25) is 0 Å². The van der Waals surface area contributed by atoms with E-state index in [9.17, 15) is 4.79 Å². The fourth-order valence-electron chi connectivity index (χ4n) is 1.80. The number of carbonyl (C=O) groups is 1. The van der Waals surface area contributed by atoms with Gasteiger partial charge in [-0.25, -0.2) is 0 Å². The molecule has 4 nitrogen and oxygen atoms in total. The van der Waals surface area contributed by atoms with E-state index in [0.717, 1.165) is 0 Å². The van der Waals surface area contributed by atoms with Crippen molar-refractivity contribution in [1.82, 2.24) is 0 Å². The maximum atomic E-state index is 11.2. The summed E-state index contributed by atoms with van der Waals surface area (Å²) in [6.45, 7) is 0.614. The van der Waals surface area contributed by atoms with Gasteiger partial charge in [0.05, 0.1) is 17.5 Å². The molecule has 0 heterocycles. The monoisotopic (exact) mass is 269 g/mol. The van der Waals surface area contributed by atoms with Crippen LogP contribution in [0.1, 0.15) is 24.3 Å². The van der Waals surface area contributed by atoms with Crippen molar-refractivity contribution in [3.8, 4) is 5.75 Å². The zero-order valence-electron chi connectivity index (χ0n) is 9.93. The molecule has 0 bridgehead atoms. The van der Waals surface area contributed by atoms with Crippen LogP contribution in [-0.4, -0.2) is 24.2 Å². The Morgan fingerprint density at radius 3 is 2.83 bits per heavy atom. The van der Waals surface area contributed by atoms with Gasteiger partial charge in [-0.1, -0.05) is 23.7 Å². The molecule has 1 unspecified atom stereocenters. The predicted molar refractivity (Wildman–Crippen MR) is 69.1 cm³/mol. The summed E-state index contributed by atoms with van der Waals surface area (Å²) in [6, 6.07) is 5.12. The summed E-state index contributed by atoms with van der Waals surface area (Å²) in [7, 11) is 0. The van der Waals surface area contributed by atoms with Crippen molar-refractivity contribution in [2.45, 2.75) is 18.8 Å². The lowest BCUT2D eigenvalue weighted by atomic mass is 9.98. The normalized spacial score (nSPS) is 16.3. The minimum atomic E-state index is -0.962. The lowest BCUT2D eigenvalue weighted by Crippen LogP contribution is -2.22. The second-order valence-corrected chi connectivity index (χ2v) is 4.95. The van der Waals surface area contributed by atoms with Crippen molar-refractivity contribution in [3.05, 3.63) is 28.8 Å². The lowest BCUT2D eigenvalue weighted by molar-refractivity contribution is -0.138. The number of para-hydroxylation sites is 1. The molecular weight excluding hydrogens is 254 g/mol. The molecule has 0 radical (unpaired) electrons. The van der Waals surface area contributed by atoms with Gasteiger partial charge in [-0.2, -0.15) is 0 Å². The first kappa shape index (κ1) is 13.2. The molecule has 0 aromatic heterocycles. The zero-order valence-corrected chi connectivity index (χ0v) is 10.7. The van der Waals surface area contributed by atoms with Crippen LogP contribution in [0.15, 0.2) is 18.2 Å². The number of rotatable bonds is 6. The topological polar surface area (TPSA) is 72.6 Å². The van der Waals surface area contributed by atoms with Crippen LogP contribution >= 0.6 is 11.6 Å². The second-order valence-electron chi connectivity index (χ2n) is 4.54. The number of ether oxygens (including phenoxy) is 1. The molecule has 1 aromatic rings. The van der Waals surface area contributed by atoms with Gasteiger partial charge in [0.15, 0.2) is 0 Å². The van der Waals surface area contributed by atoms with Gasteiger partial charge in [-0.3, -0.25) is 4.79 Å². The van der Waals surface area contributed by atoms with E-state index in [4.69, 9.17) is 27.2 Å². The van der Waals surface area contributed by atoms with Crippen LogP contribution in [0.5, 0.6) is 5.75 Å². The molecule has 1 saturated carbocycles. The third-order valence-corrected chi connectivity index (χ3v) is 3.36. The predicted octanol–water partition coefficient (Wildman–Crippen LogP) is 2.26. The van der Waals surface area contributed by atoms with Crippen LogP contribution in [0, 0.1) is 5.92 Å². The van der Waals surface area contributed by atoms with E-state index in [1.165, 1.54) is 12.8 Å². The van der Waals surface area contributed by atoms with Gasteiger partial charge in [0.25, 0.3) is 0 Å². The van der Waals surface area contributed by atoms with Crippen molar-refractivity contribution in [2.24, 2.45) is 11.7 Å². The smallest absolute Gasteiger partial charge is 0.312 e. The number of hydrogen-bond acceptors (Lipinski definition) is 3. The van der Waals surface area contributed by atoms with E-state index in [1.54, 1.807) is 18.2 Å². The molecule has 98 valence electrons. The third-order valence-electron chi connectivity index (χ3n) is 3.07. The summed E-state index contributed by atoms with van der Waals surface area (Å²) in [4.78, 5) is 11.2. The first-order chi connectivity index (χ1) is 8.63.